The SMILES string of the molecule is CNC(c1ccc(Br)cn1)c1cc(OC)ccc1OC. The van der Waals surface area contributed by atoms with Gasteiger partial charge >= 0.3 is 0 Å². The van der Waals surface area contributed by atoms with E-state index >= 15 is 0 Å². The summed E-state index contributed by atoms with van der Waals surface area (Å²) in [6, 6.07) is 9.63. The highest BCUT2D eigenvalue weighted by Crippen LogP contribution is 2.32. The number of methoxy groups -OCH3 is 2. The predicted octanol–water partition coefficient (Wildman–Crippen LogP) is 3.17. The summed E-state index contributed by atoms with van der Waals surface area (Å²) in [5.41, 5.74) is 1.91. The van der Waals surface area contributed by atoms with Crippen LogP contribution < -0.4 is 14.8 Å². The van der Waals surface area contributed by atoms with Crippen LogP contribution in [0.25, 0.3) is 0 Å². The molecule has 106 valence electrons. The lowest BCUT2D eigenvalue weighted by Crippen LogP contribution is -2.19. The third-order valence-electron chi connectivity index (χ3n) is 3.08. The van der Waals surface area contributed by atoms with Gasteiger partial charge in [-0.15, -0.1) is 0 Å². The molecule has 0 spiro atoms. The van der Waals surface area contributed by atoms with Crippen molar-refractivity contribution in [2.75, 3.05) is 21.3 Å². The first-order chi connectivity index (χ1) is 9.69. The van der Waals surface area contributed by atoms with Crippen molar-refractivity contribution in [2.24, 2.45) is 0 Å². The Hall–Kier alpha value is -1.59. The molecule has 1 atom stereocenters. The van der Waals surface area contributed by atoms with E-state index in [0.717, 1.165) is 27.2 Å². The maximum atomic E-state index is 5.44. The molecule has 2 aromatic rings. The van der Waals surface area contributed by atoms with Crippen LogP contribution in [0.4, 0.5) is 0 Å². The fraction of sp³-hybridized carbons (Fsp3) is 0.267. The summed E-state index contributed by atoms with van der Waals surface area (Å²) in [6.07, 6.45) is 1.78. The molecular formula is C15H17BrN2O2. The Bertz CT molecular complexity index is 573. The van der Waals surface area contributed by atoms with E-state index < -0.39 is 0 Å². The van der Waals surface area contributed by atoms with Gasteiger partial charge in [-0.3, -0.25) is 4.98 Å². The molecule has 0 aliphatic rings. The van der Waals surface area contributed by atoms with E-state index in [0.29, 0.717) is 0 Å². The van der Waals surface area contributed by atoms with E-state index in [1.807, 2.05) is 37.4 Å². The molecule has 0 fully saturated rings. The molecule has 4 nitrogen and oxygen atoms in total. The predicted molar refractivity (Wildman–Crippen MR) is 82.4 cm³/mol. The van der Waals surface area contributed by atoms with Gasteiger partial charge in [0.2, 0.25) is 0 Å². The van der Waals surface area contributed by atoms with Crippen LogP contribution in [-0.2, 0) is 0 Å². The molecule has 1 N–H and O–H groups in total. The quantitative estimate of drug-likeness (QED) is 0.910. The van der Waals surface area contributed by atoms with Crippen molar-refractivity contribution in [3.05, 3.63) is 52.3 Å². The number of nitrogens with one attached hydrogen (secondary N) is 1. The van der Waals surface area contributed by atoms with Gasteiger partial charge in [-0.25, -0.2) is 0 Å². The van der Waals surface area contributed by atoms with Gasteiger partial charge in [-0.05, 0) is 53.3 Å². The van der Waals surface area contributed by atoms with Crippen LogP contribution in [0, 0.1) is 0 Å². The zero-order chi connectivity index (χ0) is 14.5. The van der Waals surface area contributed by atoms with Crippen molar-refractivity contribution < 1.29 is 9.47 Å². The number of halogens is 1. The van der Waals surface area contributed by atoms with E-state index in [1.165, 1.54) is 0 Å². The zero-order valence-electron chi connectivity index (χ0n) is 11.7. The second-order valence-electron chi connectivity index (χ2n) is 4.23. The molecule has 0 radical (unpaired) electrons. The molecule has 0 aliphatic carbocycles. The van der Waals surface area contributed by atoms with Crippen molar-refractivity contribution >= 4 is 15.9 Å². The van der Waals surface area contributed by atoms with Gasteiger partial charge in [0.1, 0.15) is 11.5 Å². The second kappa shape index (κ2) is 6.72. The molecule has 1 unspecified atom stereocenters. The van der Waals surface area contributed by atoms with Crippen molar-refractivity contribution in [3.8, 4) is 11.5 Å². The van der Waals surface area contributed by atoms with Crippen LogP contribution >= 0.6 is 15.9 Å². The summed E-state index contributed by atoms with van der Waals surface area (Å²) in [5.74, 6) is 1.59. The minimum Gasteiger partial charge on any atom is -0.497 e. The monoisotopic (exact) mass is 336 g/mol. The van der Waals surface area contributed by atoms with Crippen LogP contribution in [0.15, 0.2) is 41.0 Å². The van der Waals surface area contributed by atoms with Gasteiger partial charge in [0, 0.05) is 16.2 Å². The molecule has 0 saturated carbocycles. The fourth-order valence-electron chi connectivity index (χ4n) is 2.09. The van der Waals surface area contributed by atoms with E-state index in [9.17, 15) is 0 Å². The maximum absolute atomic E-state index is 5.44. The molecule has 1 aromatic carbocycles. The highest BCUT2D eigenvalue weighted by Gasteiger charge is 2.18. The molecular weight excluding hydrogens is 320 g/mol. The van der Waals surface area contributed by atoms with Crippen molar-refractivity contribution in [1.82, 2.24) is 10.3 Å². The summed E-state index contributed by atoms with van der Waals surface area (Å²) in [6.45, 7) is 0. The Morgan fingerprint density at radius 1 is 1.15 bits per heavy atom. The number of benzene rings is 1. The molecule has 0 amide bonds. The van der Waals surface area contributed by atoms with E-state index in [4.69, 9.17) is 9.47 Å². The Balaban J connectivity index is 2.47. The number of pyridine rings is 1. The maximum Gasteiger partial charge on any atom is 0.124 e. The van der Waals surface area contributed by atoms with Crippen LogP contribution in [0.3, 0.4) is 0 Å². The Kier molecular flexibility index (Phi) is 4.98. The number of hydrogen-bond acceptors (Lipinski definition) is 4. The zero-order valence-corrected chi connectivity index (χ0v) is 13.3. The van der Waals surface area contributed by atoms with E-state index in [2.05, 4.69) is 26.2 Å². The highest BCUT2D eigenvalue weighted by atomic mass is 79.9. The van der Waals surface area contributed by atoms with Crippen molar-refractivity contribution in [2.45, 2.75) is 6.04 Å². The van der Waals surface area contributed by atoms with Crippen LogP contribution in [0.2, 0.25) is 0 Å². The Labute approximate surface area is 127 Å². The standard InChI is InChI=1S/C15H17BrN2O2/c1-17-15(13-6-4-10(16)9-18-13)12-8-11(19-2)5-7-14(12)20-3/h4-9,15,17H,1-3H3. The summed E-state index contributed by atoms with van der Waals surface area (Å²) < 4.78 is 11.7. The van der Waals surface area contributed by atoms with Gasteiger partial charge in [-0.1, -0.05) is 0 Å². The summed E-state index contributed by atoms with van der Waals surface area (Å²) in [7, 11) is 5.21. The molecule has 1 heterocycles. The van der Waals surface area contributed by atoms with Gasteiger partial charge in [-0.2, -0.15) is 0 Å². The Morgan fingerprint density at radius 3 is 2.50 bits per heavy atom. The van der Waals surface area contributed by atoms with Gasteiger partial charge in [0.05, 0.1) is 26.0 Å². The first-order valence-electron chi connectivity index (χ1n) is 6.20. The number of ether oxygens (including phenoxy) is 2. The molecule has 20 heavy (non-hydrogen) atoms. The van der Waals surface area contributed by atoms with E-state index in [-0.39, 0.29) is 6.04 Å². The third-order valence-corrected chi connectivity index (χ3v) is 3.55. The number of nitrogens with zero attached hydrogens (tertiary/aromatic N) is 1. The number of aromatic nitrogens is 1. The molecule has 1 aromatic heterocycles. The molecule has 0 saturated heterocycles. The lowest BCUT2D eigenvalue weighted by Gasteiger charge is -2.19. The minimum absolute atomic E-state index is 0.0619. The smallest absolute Gasteiger partial charge is 0.124 e. The number of hydrogen-bond donors (Lipinski definition) is 1. The van der Waals surface area contributed by atoms with Crippen LogP contribution in [0.1, 0.15) is 17.3 Å². The molecule has 0 aliphatic heterocycles. The molecule has 0 bridgehead atoms. The van der Waals surface area contributed by atoms with Crippen molar-refractivity contribution in [3.63, 3.8) is 0 Å². The summed E-state index contributed by atoms with van der Waals surface area (Å²) in [5, 5.41) is 3.27. The highest BCUT2D eigenvalue weighted by molar-refractivity contribution is 9.10. The first-order valence-corrected chi connectivity index (χ1v) is 6.99. The van der Waals surface area contributed by atoms with Crippen LogP contribution in [-0.4, -0.2) is 26.3 Å². The minimum atomic E-state index is -0.0619. The second-order valence-corrected chi connectivity index (χ2v) is 5.15. The third kappa shape index (κ3) is 3.11. The molecule has 5 heteroatoms. The lowest BCUT2D eigenvalue weighted by atomic mass is 10.0. The number of rotatable bonds is 5. The lowest BCUT2D eigenvalue weighted by molar-refractivity contribution is 0.394. The summed E-state index contributed by atoms with van der Waals surface area (Å²) >= 11 is 3.40. The topological polar surface area (TPSA) is 43.4 Å². The fourth-order valence-corrected chi connectivity index (χ4v) is 2.32. The van der Waals surface area contributed by atoms with Crippen LogP contribution in [0.5, 0.6) is 11.5 Å². The average molecular weight is 337 g/mol. The molecule has 2 rings (SSSR count). The largest absolute Gasteiger partial charge is 0.497 e. The van der Waals surface area contributed by atoms with Gasteiger partial charge < -0.3 is 14.8 Å². The normalized spacial score (nSPS) is 12.0. The van der Waals surface area contributed by atoms with E-state index in [1.54, 1.807) is 20.4 Å². The Morgan fingerprint density at radius 2 is 1.95 bits per heavy atom. The van der Waals surface area contributed by atoms with Crippen molar-refractivity contribution in [1.29, 1.82) is 0 Å². The first kappa shape index (κ1) is 14.8. The average Bonchev–Trinajstić information content (AvgIpc) is 2.49. The van der Waals surface area contributed by atoms with Gasteiger partial charge in [0.15, 0.2) is 0 Å². The summed E-state index contributed by atoms with van der Waals surface area (Å²) in [4.78, 5) is 4.45. The van der Waals surface area contributed by atoms with Gasteiger partial charge in [0.25, 0.3) is 0 Å².